The van der Waals surface area contributed by atoms with Crippen molar-refractivity contribution in [3.8, 4) is 0 Å². The van der Waals surface area contributed by atoms with E-state index < -0.39 is 0 Å². The fourth-order valence-corrected chi connectivity index (χ4v) is 4.09. The first-order chi connectivity index (χ1) is 8.06. The molecule has 17 heavy (non-hydrogen) atoms. The highest BCUT2D eigenvalue weighted by Crippen LogP contribution is 2.42. The Labute approximate surface area is 111 Å². The molecule has 1 heterocycles. The zero-order chi connectivity index (χ0) is 12.5. The molecule has 1 saturated heterocycles. The molecule has 0 amide bonds. The minimum Gasteiger partial charge on any atom is -0.312 e. The lowest BCUT2D eigenvalue weighted by Gasteiger charge is -2.45. The monoisotopic (exact) mass is 256 g/mol. The third-order valence-corrected chi connectivity index (χ3v) is 6.41. The van der Waals surface area contributed by atoms with Crippen LogP contribution in [-0.2, 0) is 0 Å². The van der Waals surface area contributed by atoms with E-state index in [4.69, 9.17) is 0 Å². The molecule has 1 aliphatic carbocycles. The Hall–Kier alpha value is 0.270. The Bertz CT molecular complexity index is 247. The summed E-state index contributed by atoms with van der Waals surface area (Å²) in [5, 5.41) is 3.87. The van der Waals surface area contributed by atoms with Gasteiger partial charge < -0.3 is 10.2 Å². The van der Waals surface area contributed by atoms with Gasteiger partial charge in [0.15, 0.2) is 0 Å². The van der Waals surface area contributed by atoms with Crippen molar-refractivity contribution in [2.75, 3.05) is 26.4 Å². The SMILES string of the molecule is CSC1(CNC2CC(C)N(C)CC2C)CCC1. The second-order valence-electron chi connectivity index (χ2n) is 6.23. The minimum absolute atomic E-state index is 0.576. The molecule has 0 aromatic carbocycles. The van der Waals surface area contributed by atoms with E-state index in [-0.39, 0.29) is 0 Å². The van der Waals surface area contributed by atoms with Gasteiger partial charge in [0.2, 0.25) is 0 Å². The average Bonchev–Trinajstić information content (AvgIpc) is 2.24. The highest BCUT2D eigenvalue weighted by molar-refractivity contribution is 8.00. The highest BCUT2D eigenvalue weighted by Gasteiger charge is 2.37. The summed E-state index contributed by atoms with van der Waals surface area (Å²) in [6, 6.07) is 1.46. The van der Waals surface area contributed by atoms with Gasteiger partial charge in [0.05, 0.1) is 0 Å². The molecular weight excluding hydrogens is 228 g/mol. The lowest BCUT2D eigenvalue weighted by Crippen LogP contribution is -2.54. The third kappa shape index (κ3) is 2.99. The van der Waals surface area contributed by atoms with E-state index in [0.29, 0.717) is 4.75 Å². The average molecular weight is 256 g/mol. The molecule has 1 N–H and O–H groups in total. The number of likely N-dealkylation sites (tertiary alicyclic amines) is 1. The number of hydrogen-bond donors (Lipinski definition) is 1. The molecule has 100 valence electrons. The fraction of sp³-hybridized carbons (Fsp3) is 1.00. The van der Waals surface area contributed by atoms with Crippen LogP contribution in [-0.4, -0.2) is 48.1 Å². The molecule has 2 aliphatic rings. The summed E-state index contributed by atoms with van der Waals surface area (Å²) in [6.45, 7) is 7.21. The van der Waals surface area contributed by atoms with E-state index in [1.165, 1.54) is 38.8 Å². The Morgan fingerprint density at radius 3 is 2.59 bits per heavy atom. The molecule has 3 heteroatoms. The minimum atomic E-state index is 0.576. The van der Waals surface area contributed by atoms with Crippen LogP contribution >= 0.6 is 11.8 Å². The second-order valence-corrected chi connectivity index (χ2v) is 7.50. The van der Waals surface area contributed by atoms with Gasteiger partial charge in [0.1, 0.15) is 0 Å². The van der Waals surface area contributed by atoms with Crippen molar-refractivity contribution in [1.82, 2.24) is 10.2 Å². The van der Waals surface area contributed by atoms with Crippen molar-refractivity contribution in [3.05, 3.63) is 0 Å². The van der Waals surface area contributed by atoms with Crippen LogP contribution in [0.1, 0.15) is 39.5 Å². The van der Waals surface area contributed by atoms with Gasteiger partial charge in [-0.15, -0.1) is 0 Å². The van der Waals surface area contributed by atoms with E-state index in [1.54, 1.807) is 0 Å². The Kier molecular flexibility index (Phi) is 4.43. The zero-order valence-corrected chi connectivity index (χ0v) is 12.6. The number of hydrogen-bond acceptors (Lipinski definition) is 3. The van der Waals surface area contributed by atoms with Gasteiger partial charge >= 0.3 is 0 Å². The van der Waals surface area contributed by atoms with Crippen molar-refractivity contribution in [2.45, 2.75) is 56.4 Å². The summed E-state index contributed by atoms with van der Waals surface area (Å²) in [6.07, 6.45) is 7.85. The van der Waals surface area contributed by atoms with E-state index in [0.717, 1.165) is 18.0 Å². The summed E-state index contributed by atoms with van der Waals surface area (Å²) < 4.78 is 0.576. The molecule has 2 rings (SSSR count). The lowest BCUT2D eigenvalue weighted by molar-refractivity contribution is 0.118. The van der Waals surface area contributed by atoms with Crippen molar-refractivity contribution in [2.24, 2.45) is 5.92 Å². The largest absolute Gasteiger partial charge is 0.312 e. The van der Waals surface area contributed by atoms with Gasteiger partial charge in [-0.25, -0.2) is 0 Å². The lowest BCUT2D eigenvalue weighted by atomic mass is 9.83. The predicted molar refractivity (Wildman–Crippen MR) is 77.8 cm³/mol. The van der Waals surface area contributed by atoms with E-state index >= 15 is 0 Å². The molecular formula is C14H28N2S. The summed E-state index contributed by atoms with van der Waals surface area (Å²) in [5.74, 6) is 0.787. The molecule has 2 nitrogen and oxygen atoms in total. The van der Waals surface area contributed by atoms with Crippen molar-refractivity contribution >= 4 is 11.8 Å². The van der Waals surface area contributed by atoms with Crippen LogP contribution in [0.2, 0.25) is 0 Å². The van der Waals surface area contributed by atoms with Crippen LogP contribution in [0.5, 0.6) is 0 Å². The number of thioether (sulfide) groups is 1. The molecule has 0 spiro atoms. The van der Waals surface area contributed by atoms with Crippen molar-refractivity contribution < 1.29 is 0 Å². The quantitative estimate of drug-likeness (QED) is 0.832. The van der Waals surface area contributed by atoms with Crippen LogP contribution in [0.15, 0.2) is 0 Å². The summed E-state index contributed by atoms with van der Waals surface area (Å²) in [5.41, 5.74) is 0. The Morgan fingerprint density at radius 2 is 2.06 bits per heavy atom. The first kappa shape index (κ1) is 13.7. The normalized spacial score (nSPS) is 37.8. The summed E-state index contributed by atoms with van der Waals surface area (Å²) >= 11 is 2.08. The van der Waals surface area contributed by atoms with Crippen molar-refractivity contribution in [3.63, 3.8) is 0 Å². The Balaban J connectivity index is 1.82. The molecule has 2 fully saturated rings. The van der Waals surface area contributed by atoms with Gasteiger partial charge in [-0.3, -0.25) is 0 Å². The zero-order valence-electron chi connectivity index (χ0n) is 11.8. The highest BCUT2D eigenvalue weighted by atomic mass is 32.2. The van der Waals surface area contributed by atoms with Gasteiger partial charge in [0, 0.05) is 29.9 Å². The molecule has 0 radical (unpaired) electrons. The number of nitrogens with zero attached hydrogens (tertiary/aromatic N) is 1. The smallest absolute Gasteiger partial charge is 0.0281 e. The first-order valence-electron chi connectivity index (χ1n) is 7.05. The molecule has 1 aliphatic heterocycles. The fourth-order valence-electron chi connectivity index (χ4n) is 3.17. The van der Waals surface area contributed by atoms with Gasteiger partial charge in [-0.1, -0.05) is 13.3 Å². The van der Waals surface area contributed by atoms with Crippen LogP contribution in [0.4, 0.5) is 0 Å². The van der Waals surface area contributed by atoms with Crippen LogP contribution in [0, 0.1) is 5.92 Å². The molecule has 1 saturated carbocycles. The van der Waals surface area contributed by atoms with E-state index in [1.807, 2.05) is 0 Å². The summed E-state index contributed by atoms with van der Waals surface area (Å²) in [4.78, 5) is 2.50. The van der Waals surface area contributed by atoms with Crippen LogP contribution in [0.3, 0.4) is 0 Å². The second kappa shape index (κ2) is 5.50. The van der Waals surface area contributed by atoms with Gasteiger partial charge in [0.25, 0.3) is 0 Å². The summed E-state index contributed by atoms with van der Waals surface area (Å²) in [7, 11) is 2.26. The van der Waals surface area contributed by atoms with Crippen LogP contribution in [0.25, 0.3) is 0 Å². The molecule has 0 bridgehead atoms. The number of piperidine rings is 1. The maximum absolute atomic E-state index is 3.87. The topological polar surface area (TPSA) is 15.3 Å². The Morgan fingerprint density at radius 1 is 1.35 bits per heavy atom. The van der Waals surface area contributed by atoms with Crippen molar-refractivity contribution in [1.29, 1.82) is 0 Å². The molecule has 0 aromatic rings. The number of rotatable bonds is 4. The maximum atomic E-state index is 3.87. The van der Waals surface area contributed by atoms with E-state index in [2.05, 4.69) is 49.1 Å². The molecule has 3 unspecified atom stereocenters. The first-order valence-corrected chi connectivity index (χ1v) is 8.27. The molecule has 0 aromatic heterocycles. The predicted octanol–water partition coefficient (Wildman–Crippen LogP) is 2.59. The maximum Gasteiger partial charge on any atom is 0.0281 e. The van der Waals surface area contributed by atoms with Crippen LogP contribution < -0.4 is 5.32 Å². The third-order valence-electron chi connectivity index (χ3n) is 4.99. The standard InChI is InChI=1S/C14H28N2S/c1-11-9-16(3)12(2)8-13(11)15-10-14(17-4)6-5-7-14/h11-13,15H,5-10H2,1-4H3. The van der Waals surface area contributed by atoms with E-state index in [9.17, 15) is 0 Å². The van der Waals surface area contributed by atoms with Gasteiger partial charge in [-0.05, 0) is 45.4 Å². The van der Waals surface area contributed by atoms with Gasteiger partial charge in [-0.2, -0.15) is 11.8 Å². The number of nitrogens with one attached hydrogen (secondary N) is 1. The molecule has 3 atom stereocenters.